The number of carbonyl (C=O) groups is 2. The van der Waals surface area contributed by atoms with Crippen LogP contribution in [0.3, 0.4) is 0 Å². The van der Waals surface area contributed by atoms with Crippen molar-refractivity contribution in [2.24, 2.45) is 5.73 Å². The van der Waals surface area contributed by atoms with Gasteiger partial charge in [-0.15, -0.1) is 0 Å². The second kappa shape index (κ2) is 5.83. The first-order valence-electron chi connectivity index (χ1n) is 5.34. The third-order valence-electron chi connectivity index (χ3n) is 2.14. The fourth-order valence-corrected chi connectivity index (χ4v) is 1.22. The highest BCUT2D eigenvalue weighted by molar-refractivity contribution is 5.93. The van der Waals surface area contributed by atoms with Crippen molar-refractivity contribution in [3.05, 3.63) is 24.0 Å². The Hall–Kier alpha value is -2.11. The smallest absolute Gasteiger partial charge is 0.269 e. The second-order valence-corrected chi connectivity index (χ2v) is 3.56. The Morgan fingerprint density at radius 3 is 2.82 bits per heavy atom. The standard InChI is InChI=1S/C11H16N4O2/c1-3-13-11(17)9-6-8(4-5-14-9)15-7(2)10(12)16/h4-7H,3H2,1-2H3,(H2,12,16)(H,13,17)(H,14,15). The van der Waals surface area contributed by atoms with Gasteiger partial charge in [0, 0.05) is 18.4 Å². The van der Waals surface area contributed by atoms with E-state index < -0.39 is 11.9 Å². The molecule has 2 amide bonds. The summed E-state index contributed by atoms with van der Waals surface area (Å²) in [5.74, 6) is -0.704. The first kappa shape index (κ1) is 13.0. The first-order valence-corrected chi connectivity index (χ1v) is 5.34. The molecular weight excluding hydrogens is 220 g/mol. The Morgan fingerprint density at radius 1 is 1.53 bits per heavy atom. The fourth-order valence-electron chi connectivity index (χ4n) is 1.22. The van der Waals surface area contributed by atoms with E-state index in [9.17, 15) is 9.59 Å². The summed E-state index contributed by atoms with van der Waals surface area (Å²) >= 11 is 0. The molecule has 0 spiro atoms. The maximum absolute atomic E-state index is 11.5. The van der Waals surface area contributed by atoms with Gasteiger partial charge in [0.2, 0.25) is 5.91 Å². The van der Waals surface area contributed by atoms with E-state index >= 15 is 0 Å². The molecule has 0 bridgehead atoms. The molecular formula is C11H16N4O2. The molecule has 0 aromatic carbocycles. The predicted octanol–water partition coefficient (Wildman–Crippen LogP) is 0.117. The SMILES string of the molecule is CCNC(=O)c1cc(NC(C)C(N)=O)ccn1. The number of nitrogens with zero attached hydrogens (tertiary/aromatic N) is 1. The number of pyridine rings is 1. The molecule has 0 saturated carbocycles. The molecule has 1 heterocycles. The van der Waals surface area contributed by atoms with Crippen LogP contribution < -0.4 is 16.4 Å². The van der Waals surface area contributed by atoms with E-state index in [0.717, 1.165) is 0 Å². The summed E-state index contributed by atoms with van der Waals surface area (Å²) in [6.07, 6.45) is 1.50. The summed E-state index contributed by atoms with van der Waals surface area (Å²) < 4.78 is 0. The highest BCUT2D eigenvalue weighted by atomic mass is 16.2. The van der Waals surface area contributed by atoms with E-state index in [4.69, 9.17) is 5.73 Å². The number of hydrogen-bond acceptors (Lipinski definition) is 4. The van der Waals surface area contributed by atoms with Gasteiger partial charge in [-0.05, 0) is 26.0 Å². The number of carbonyl (C=O) groups excluding carboxylic acids is 2. The molecule has 1 unspecified atom stereocenters. The molecule has 17 heavy (non-hydrogen) atoms. The minimum Gasteiger partial charge on any atom is -0.374 e. The van der Waals surface area contributed by atoms with Gasteiger partial charge in [-0.2, -0.15) is 0 Å². The summed E-state index contributed by atoms with van der Waals surface area (Å²) in [5.41, 5.74) is 6.06. The van der Waals surface area contributed by atoms with Crippen molar-refractivity contribution < 1.29 is 9.59 Å². The largest absolute Gasteiger partial charge is 0.374 e. The van der Waals surface area contributed by atoms with Crippen LogP contribution in [0, 0.1) is 0 Å². The number of hydrogen-bond donors (Lipinski definition) is 3. The van der Waals surface area contributed by atoms with Crippen LogP contribution in [-0.2, 0) is 4.79 Å². The molecule has 6 heteroatoms. The van der Waals surface area contributed by atoms with Crippen molar-refractivity contribution in [1.29, 1.82) is 0 Å². The third kappa shape index (κ3) is 3.75. The Labute approximate surface area is 99.6 Å². The van der Waals surface area contributed by atoms with Gasteiger partial charge >= 0.3 is 0 Å². The average Bonchev–Trinajstić information content (AvgIpc) is 2.29. The van der Waals surface area contributed by atoms with Crippen molar-refractivity contribution >= 4 is 17.5 Å². The van der Waals surface area contributed by atoms with Crippen molar-refractivity contribution in [2.75, 3.05) is 11.9 Å². The van der Waals surface area contributed by atoms with Crippen LogP contribution in [-0.4, -0.2) is 29.4 Å². The quantitative estimate of drug-likeness (QED) is 0.676. The van der Waals surface area contributed by atoms with E-state index in [1.54, 1.807) is 19.1 Å². The first-order chi connectivity index (χ1) is 8.04. The van der Waals surface area contributed by atoms with E-state index in [-0.39, 0.29) is 5.91 Å². The van der Waals surface area contributed by atoms with Crippen molar-refractivity contribution in [3.63, 3.8) is 0 Å². The minimum atomic E-state index is -0.500. The zero-order chi connectivity index (χ0) is 12.8. The van der Waals surface area contributed by atoms with Gasteiger partial charge in [-0.25, -0.2) is 0 Å². The van der Waals surface area contributed by atoms with E-state index in [1.807, 2.05) is 6.92 Å². The van der Waals surface area contributed by atoms with Crippen molar-refractivity contribution in [1.82, 2.24) is 10.3 Å². The van der Waals surface area contributed by atoms with Crippen LogP contribution in [0.5, 0.6) is 0 Å². The predicted molar refractivity (Wildman–Crippen MR) is 64.5 cm³/mol. The number of aromatic nitrogens is 1. The van der Waals surface area contributed by atoms with E-state index in [1.165, 1.54) is 6.20 Å². The molecule has 0 saturated heterocycles. The van der Waals surface area contributed by atoms with Gasteiger partial charge in [0.25, 0.3) is 5.91 Å². The summed E-state index contributed by atoms with van der Waals surface area (Å²) in [6.45, 7) is 4.01. The topological polar surface area (TPSA) is 97.1 Å². The maximum atomic E-state index is 11.5. The fraction of sp³-hybridized carbons (Fsp3) is 0.364. The Morgan fingerprint density at radius 2 is 2.24 bits per heavy atom. The van der Waals surface area contributed by atoms with Crippen molar-refractivity contribution in [3.8, 4) is 0 Å². The van der Waals surface area contributed by atoms with E-state index in [2.05, 4.69) is 15.6 Å². The molecule has 0 fully saturated rings. The molecule has 6 nitrogen and oxygen atoms in total. The summed E-state index contributed by atoms with van der Waals surface area (Å²) in [7, 11) is 0. The third-order valence-corrected chi connectivity index (χ3v) is 2.14. The second-order valence-electron chi connectivity index (χ2n) is 3.56. The number of anilines is 1. The Balaban J connectivity index is 2.79. The summed E-state index contributed by atoms with van der Waals surface area (Å²) in [6, 6.07) is 2.74. The molecule has 92 valence electrons. The molecule has 4 N–H and O–H groups in total. The van der Waals surface area contributed by atoms with Crippen LogP contribution in [0.2, 0.25) is 0 Å². The van der Waals surface area contributed by atoms with Gasteiger partial charge < -0.3 is 16.4 Å². The van der Waals surface area contributed by atoms with Crippen LogP contribution in [0.15, 0.2) is 18.3 Å². The zero-order valence-electron chi connectivity index (χ0n) is 9.86. The van der Waals surface area contributed by atoms with Gasteiger partial charge in [-0.1, -0.05) is 0 Å². The Bertz CT molecular complexity index is 420. The summed E-state index contributed by atoms with van der Waals surface area (Å²) in [4.78, 5) is 26.4. The van der Waals surface area contributed by atoms with Gasteiger partial charge in [-0.3, -0.25) is 14.6 Å². The van der Waals surface area contributed by atoms with Crippen LogP contribution in [0.1, 0.15) is 24.3 Å². The molecule has 1 aromatic rings. The normalized spacial score (nSPS) is 11.6. The lowest BCUT2D eigenvalue weighted by Crippen LogP contribution is -2.32. The highest BCUT2D eigenvalue weighted by Gasteiger charge is 2.10. The maximum Gasteiger partial charge on any atom is 0.269 e. The minimum absolute atomic E-state index is 0.247. The number of amides is 2. The summed E-state index contributed by atoms with van der Waals surface area (Å²) in [5, 5.41) is 5.53. The van der Waals surface area contributed by atoms with Crippen LogP contribution in [0.4, 0.5) is 5.69 Å². The number of nitrogens with one attached hydrogen (secondary N) is 2. The zero-order valence-corrected chi connectivity index (χ0v) is 9.86. The highest BCUT2D eigenvalue weighted by Crippen LogP contribution is 2.09. The number of rotatable bonds is 5. The van der Waals surface area contributed by atoms with Gasteiger partial charge in [0.1, 0.15) is 11.7 Å². The lowest BCUT2D eigenvalue weighted by molar-refractivity contribution is -0.118. The van der Waals surface area contributed by atoms with Gasteiger partial charge in [0.05, 0.1) is 0 Å². The van der Waals surface area contributed by atoms with Crippen LogP contribution >= 0.6 is 0 Å². The molecule has 1 atom stereocenters. The molecule has 1 aromatic heterocycles. The molecule has 0 aliphatic rings. The average molecular weight is 236 g/mol. The lowest BCUT2D eigenvalue weighted by Gasteiger charge is -2.12. The number of nitrogens with two attached hydrogens (primary N) is 1. The lowest BCUT2D eigenvalue weighted by atomic mass is 10.2. The molecule has 1 rings (SSSR count). The monoisotopic (exact) mass is 236 g/mol. The Kier molecular flexibility index (Phi) is 4.45. The molecule has 0 aliphatic heterocycles. The van der Waals surface area contributed by atoms with Crippen molar-refractivity contribution in [2.45, 2.75) is 19.9 Å². The number of primary amides is 1. The molecule has 0 aliphatic carbocycles. The van der Waals surface area contributed by atoms with Crippen LogP contribution in [0.25, 0.3) is 0 Å². The molecule has 0 radical (unpaired) electrons. The van der Waals surface area contributed by atoms with Gasteiger partial charge in [0.15, 0.2) is 0 Å². The van der Waals surface area contributed by atoms with E-state index in [0.29, 0.717) is 17.9 Å².